The van der Waals surface area contributed by atoms with Gasteiger partial charge in [0.15, 0.2) is 4.34 Å². The highest BCUT2D eigenvalue weighted by atomic mass is 32.2. The number of aryl methyl sites for hydroxylation is 1. The van der Waals surface area contributed by atoms with Crippen LogP contribution in [0, 0.1) is 12.8 Å². The molecule has 1 atom stereocenters. The molecule has 1 amide bonds. The zero-order valence-corrected chi connectivity index (χ0v) is 18.3. The largest absolute Gasteiger partial charge is 0.477 e. The van der Waals surface area contributed by atoms with Crippen LogP contribution < -0.4 is 0 Å². The summed E-state index contributed by atoms with van der Waals surface area (Å²) >= 11 is 4.47. The van der Waals surface area contributed by atoms with E-state index in [0.717, 1.165) is 20.5 Å². The first kappa shape index (κ1) is 21.2. The van der Waals surface area contributed by atoms with Gasteiger partial charge in [-0.2, -0.15) is 0 Å². The molecule has 1 N–H and O–H groups in total. The number of rotatable bonds is 8. The molecule has 0 unspecified atom stereocenters. The molecule has 1 fully saturated rings. The van der Waals surface area contributed by atoms with E-state index < -0.39 is 5.97 Å². The van der Waals surface area contributed by atoms with Crippen molar-refractivity contribution in [2.45, 2.75) is 43.3 Å². The maximum absolute atomic E-state index is 11.9. The third-order valence-electron chi connectivity index (χ3n) is 4.26. The van der Waals surface area contributed by atoms with Gasteiger partial charge in [-0.15, -0.1) is 23.1 Å². The molecule has 0 spiro atoms. The first-order valence-electron chi connectivity index (χ1n) is 8.90. The molecule has 7 nitrogen and oxygen atoms in total. The smallest absolute Gasteiger partial charge is 0.352 e. The predicted octanol–water partition coefficient (Wildman–Crippen LogP) is 2.93. The average Bonchev–Trinajstić information content (AvgIpc) is 2.96. The Labute approximate surface area is 175 Å². The molecule has 0 aliphatic carbocycles. The van der Waals surface area contributed by atoms with E-state index in [4.69, 9.17) is 4.74 Å². The standard InChI is InChI=1S/C18H22N2O5S3/c1-9(2)6-25-15(22)4-12-10(3)19-18(28-12)27-8-11-7-26-14-5-13(21)20(14)16(11)17(23)24/h9,14H,4-8H2,1-3H3,(H,23,24)/t14-/m1/s1. The van der Waals surface area contributed by atoms with Crippen LogP contribution in [0.4, 0.5) is 0 Å². The summed E-state index contributed by atoms with van der Waals surface area (Å²) in [5, 5.41) is 9.50. The Morgan fingerprint density at radius 1 is 1.43 bits per heavy atom. The summed E-state index contributed by atoms with van der Waals surface area (Å²) in [7, 11) is 0. The lowest BCUT2D eigenvalue weighted by Crippen LogP contribution is -2.54. The highest BCUT2D eigenvalue weighted by Gasteiger charge is 2.45. The van der Waals surface area contributed by atoms with Crippen LogP contribution in [0.2, 0.25) is 0 Å². The molecule has 28 heavy (non-hydrogen) atoms. The van der Waals surface area contributed by atoms with Gasteiger partial charge in [0.1, 0.15) is 5.70 Å². The highest BCUT2D eigenvalue weighted by molar-refractivity contribution is 8.01. The molecule has 1 aromatic rings. The summed E-state index contributed by atoms with van der Waals surface area (Å²) in [6, 6.07) is 0. The molecule has 2 aliphatic heterocycles. The Morgan fingerprint density at radius 3 is 2.82 bits per heavy atom. The maximum Gasteiger partial charge on any atom is 0.352 e. The molecular formula is C18H22N2O5S3. The molecular weight excluding hydrogens is 420 g/mol. The third-order valence-corrected chi connectivity index (χ3v) is 7.92. The van der Waals surface area contributed by atoms with Crippen LogP contribution in [-0.4, -0.2) is 56.3 Å². The molecule has 3 heterocycles. The number of aliphatic carboxylic acids is 1. The Kier molecular flexibility index (Phi) is 6.72. The van der Waals surface area contributed by atoms with E-state index in [0.29, 0.717) is 30.5 Å². The quantitative estimate of drug-likeness (QED) is 0.373. The Bertz CT molecular complexity index is 833. The number of hydrogen-bond donors (Lipinski definition) is 1. The van der Waals surface area contributed by atoms with Crippen molar-refractivity contribution in [3.8, 4) is 0 Å². The number of thiazole rings is 1. The number of nitrogens with zero attached hydrogens (tertiary/aromatic N) is 2. The minimum atomic E-state index is -1.06. The molecule has 10 heteroatoms. The van der Waals surface area contributed by atoms with Crippen molar-refractivity contribution < 1.29 is 24.2 Å². The number of fused-ring (bicyclic) bond motifs is 1. The second-order valence-corrected chi connectivity index (χ2v) is 10.5. The van der Waals surface area contributed by atoms with Crippen molar-refractivity contribution in [1.82, 2.24) is 9.88 Å². The van der Waals surface area contributed by atoms with Gasteiger partial charge >= 0.3 is 11.9 Å². The Hall–Kier alpha value is -1.52. The second kappa shape index (κ2) is 8.87. The molecule has 3 rings (SSSR count). The summed E-state index contributed by atoms with van der Waals surface area (Å²) < 4.78 is 6.01. The van der Waals surface area contributed by atoms with E-state index >= 15 is 0 Å². The molecule has 0 aromatic carbocycles. The van der Waals surface area contributed by atoms with Crippen LogP contribution >= 0.6 is 34.9 Å². The fourth-order valence-electron chi connectivity index (χ4n) is 2.81. The van der Waals surface area contributed by atoms with Crippen LogP contribution in [0.5, 0.6) is 0 Å². The number of esters is 1. The van der Waals surface area contributed by atoms with Gasteiger partial charge in [-0.3, -0.25) is 14.5 Å². The first-order valence-corrected chi connectivity index (χ1v) is 11.7. The molecule has 152 valence electrons. The van der Waals surface area contributed by atoms with E-state index in [1.165, 1.54) is 28.0 Å². The summed E-state index contributed by atoms with van der Waals surface area (Å²) in [5.74, 6) is -0.112. The second-order valence-electron chi connectivity index (χ2n) is 7.02. The van der Waals surface area contributed by atoms with Gasteiger partial charge in [-0.05, 0) is 18.4 Å². The lowest BCUT2D eigenvalue weighted by molar-refractivity contribution is -0.146. The Morgan fingerprint density at radius 2 is 2.18 bits per heavy atom. The number of carboxylic acids is 1. The van der Waals surface area contributed by atoms with Gasteiger partial charge in [0.05, 0.1) is 30.5 Å². The van der Waals surface area contributed by atoms with Gasteiger partial charge in [0.25, 0.3) is 0 Å². The van der Waals surface area contributed by atoms with Gasteiger partial charge in [-0.25, -0.2) is 9.78 Å². The van der Waals surface area contributed by atoms with Crippen LogP contribution in [0.3, 0.4) is 0 Å². The van der Waals surface area contributed by atoms with Crippen LogP contribution in [0.1, 0.15) is 30.8 Å². The van der Waals surface area contributed by atoms with E-state index in [-0.39, 0.29) is 29.4 Å². The van der Waals surface area contributed by atoms with Gasteiger partial charge in [0, 0.05) is 16.4 Å². The normalized spacial score (nSPS) is 18.9. The zero-order chi connectivity index (χ0) is 20.4. The minimum Gasteiger partial charge on any atom is -0.477 e. The van der Waals surface area contributed by atoms with E-state index in [2.05, 4.69) is 4.98 Å². The van der Waals surface area contributed by atoms with Crippen LogP contribution in [-0.2, 0) is 25.5 Å². The van der Waals surface area contributed by atoms with Crippen LogP contribution in [0.25, 0.3) is 0 Å². The van der Waals surface area contributed by atoms with Gasteiger partial charge < -0.3 is 9.84 Å². The lowest BCUT2D eigenvalue weighted by Gasteiger charge is -2.43. The van der Waals surface area contributed by atoms with E-state index in [9.17, 15) is 19.5 Å². The average molecular weight is 443 g/mol. The van der Waals surface area contributed by atoms with Gasteiger partial charge in [0.2, 0.25) is 5.91 Å². The van der Waals surface area contributed by atoms with Crippen molar-refractivity contribution in [2.24, 2.45) is 5.92 Å². The van der Waals surface area contributed by atoms with Gasteiger partial charge in [-0.1, -0.05) is 25.6 Å². The van der Waals surface area contributed by atoms with Crippen molar-refractivity contribution >= 4 is 52.7 Å². The minimum absolute atomic E-state index is 0.0436. The van der Waals surface area contributed by atoms with Crippen LogP contribution in [0.15, 0.2) is 15.6 Å². The number of hydrogen-bond acceptors (Lipinski definition) is 8. The summed E-state index contributed by atoms with van der Waals surface area (Å²) in [4.78, 5) is 42.2. The molecule has 0 radical (unpaired) electrons. The lowest BCUT2D eigenvalue weighted by atomic mass is 10.1. The topological polar surface area (TPSA) is 96.8 Å². The van der Waals surface area contributed by atoms with E-state index in [1.54, 1.807) is 11.8 Å². The number of ether oxygens (including phenoxy) is 1. The summed E-state index contributed by atoms with van der Waals surface area (Å²) in [6.07, 6.45) is 0.601. The number of carboxylic acid groups (broad SMARTS) is 1. The third kappa shape index (κ3) is 4.72. The van der Waals surface area contributed by atoms with Crippen molar-refractivity contribution in [1.29, 1.82) is 0 Å². The molecule has 1 aromatic heterocycles. The number of carbonyl (C=O) groups is 3. The fraction of sp³-hybridized carbons (Fsp3) is 0.556. The van der Waals surface area contributed by atoms with Crippen molar-refractivity contribution in [3.05, 3.63) is 21.8 Å². The summed E-state index contributed by atoms with van der Waals surface area (Å²) in [5.41, 5.74) is 1.65. The molecule has 1 saturated heterocycles. The number of amides is 1. The number of thioether (sulfide) groups is 2. The number of carbonyl (C=O) groups excluding carboxylic acids is 2. The highest BCUT2D eigenvalue weighted by Crippen LogP contribution is 2.41. The fourth-order valence-corrected chi connectivity index (χ4v) is 6.43. The zero-order valence-electron chi connectivity index (χ0n) is 15.9. The molecule has 0 saturated carbocycles. The van der Waals surface area contributed by atoms with Crippen molar-refractivity contribution in [2.75, 3.05) is 18.1 Å². The maximum atomic E-state index is 11.9. The number of aromatic nitrogens is 1. The molecule has 0 bridgehead atoms. The predicted molar refractivity (Wildman–Crippen MR) is 109 cm³/mol. The first-order chi connectivity index (χ1) is 13.3. The SMILES string of the molecule is Cc1nc(SCC2=C(C(=O)O)N3C(=O)C[C@H]3SC2)sc1CC(=O)OCC(C)C. The van der Waals surface area contributed by atoms with E-state index in [1.807, 2.05) is 20.8 Å². The monoisotopic (exact) mass is 442 g/mol. The number of β-lactam (4-membered cyclic amide) rings is 1. The Balaban J connectivity index is 1.64. The molecule has 2 aliphatic rings. The summed E-state index contributed by atoms with van der Waals surface area (Å²) in [6.45, 7) is 6.23. The van der Waals surface area contributed by atoms with Crippen molar-refractivity contribution in [3.63, 3.8) is 0 Å².